The van der Waals surface area contributed by atoms with E-state index in [1.54, 1.807) is 23.8 Å². The fourth-order valence-electron chi connectivity index (χ4n) is 1.80. The second-order valence-electron chi connectivity index (χ2n) is 3.76. The molecule has 0 aromatic rings. The van der Waals surface area contributed by atoms with Gasteiger partial charge in [0.15, 0.2) is 0 Å². The summed E-state index contributed by atoms with van der Waals surface area (Å²) in [5.41, 5.74) is 0.931. The number of hydrogen-bond donors (Lipinski definition) is 1. The quantitative estimate of drug-likeness (QED) is 0.354. The molecule has 6 heteroatoms. The first-order chi connectivity index (χ1) is 7.63. The first-order valence-corrected chi connectivity index (χ1v) is 6.56. The number of allylic oxidation sites excluding steroid dienone is 2. The molecular weight excluding hydrogens is 230 g/mol. The monoisotopic (exact) mass is 243 g/mol. The number of ether oxygens (including phenoxy) is 1. The summed E-state index contributed by atoms with van der Waals surface area (Å²) in [6, 6.07) is 0. The smallest absolute Gasteiger partial charge is 0.309 e. The van der Waals surface area contributed by atoms with Crippen molar-refractivity contribution in [3.8, 4) is 0 Å². The van der Waals surface area contributed by atoms with Crippen LogP contribution < -0.4 is 0 Å². The highest BCUT2D eigenvalue weighted by atomic mass is 32.2. The van der Waals surface area contributed by atoms with Crippen LogP contribution in [0, 0.1) is 22.0 Å². The zero-order valence-corrected chi connectivity index (χ0v) is 9.72. The van der Waals surface area contributed by atoms with Crippen molar-refractivity contribution in [2.24, 2.45) is 11.8 Å². The van der Waals surface area contributed by atoms with Gasteiger partial charge in [0.1, 0.15) is 0 Å². The molecule has 3 unspecified atom stereocenters. The number of nitrogens with zero attached hydrogens (tertiary/aromatic N) is 1. The van der Waals surface area contributed by atoms with E-state index in [2.05, 4.69) is 0 Å². The van der Waals surface area contributed by atoms with Crippen LogP contribution >= 0.6 is 11.1 Å². The topological polar surface area (TPSA) is 69.4 Å². The van der Waals surface area contributed by atoms with Gasteiger partial charge in [-0.25, -0.2) is 0 Å². The lowest BCUT2D eigenvalue weighted by molar-refractivity contribution is -0.286. The van der Waals surface area contributed by atoms with Gasteiger partial charge in [-0.1, -0.05) is 0 Å². The molecule has 88 valence electrons. The van der Waals surface area contributed by atoms with Crippen molar-refractivity contribution >= 4 is 17.1 Å². The van der Waals surface area contributed by atoms with Crippen molar-refractivity contribution in [3.05, 3.63) is 32.6 Å². The summed E-state index contributed by atoms with van der Waals surface area (Å²) in [4.78, 5) is 21.9. The lowest BCUT2D eigenvalue weighted by atomic mass is 10.1. The lowest BCUT2D eigenvalue weighted by Gasteiger charge is -2.00. The van der Waals surface area contributed by atoms with Crippen LogP contribution in [0.25, 0.3) is 0 Å². The maximum Gasteiger partial charge on any atom is 0.309 e. The molecule has 2 aliphatic rings. The van der Waals surface area contributed by atoms with E-state index in [-0.39, 0.29) is 22.1 Å². The number of esters is 1. The summed E-state index contributed by atoms with van der Waals surface area (Å²) in [6.45, 7) is 2.16. The molecule has 5 nitrogen and oxygen atoms in total. The lowest BCUT2D eigenvalue weighted by Crippen LogP contribution is -2.07. The van der Waals surface area contributed by atoms with Crippen molar-refractivity contribution in [2.75, 3.05) is 6.61 Å². The van der Waals surface area contributed by atoms with Gasteiger partial charge in [-0.3, -0.25) is 14.9 Å². The van der Waals surface area contributed by atoms with E-state index in [1.165, 1.54) is 0 Å². The standard InChI is InChI=1S/C10H13NO4S/c1-2-15-10(12)9-5-8(9)7-3-4-16(6-7)11(13)14/h3-4,6,8-9,16H,2,5H2,1H3. The van der Waals surface area contributed by atoms with Gasteiger partial charge in [-0.2, -0.15) is 0 Å². The Labute approximate surface area is 95.8 Å². The minimum atomic E-state index is -1.35. The minimum Gasteiger partial charge on any atom is -0.466 e. The second kappa shape index (κ2) is 4.29. The van der Waals surface area contributed by atoms with Gasteiger partial charge in [0.25, 0.3) is 0 Å². The Balaban J connectivity index is 1.94. The first-order valence-electron chi connectivity index (χ1n) is 5.12. The molecule has 1 aliphatic carbocycles. The summed E-state index contributed by atoms with van der Waals surface area (Å²) in [6.07, 6.45) is 2.54. The molecule has 3 atom stereocenters. The van der Waals surface area contributed by atoms with Crippen molar-refractivity contribution in [1.82, 2.24) is 0 Å². The average Bonchev–Trinajstić information content (AvgIpc) is 2.88. The van der Waals surface area contributed by atoms with Crippen LogP contribution in [0.1, 0.15) is 13.3 Å². The van der Waals surface area contributed by atoms with Gasteiger partial charge < -0.3 is 4.74 Å². The predicted octanol–water partition coefficient (Wildman–Crippen LogP) is 1.79. The predicted molar refractivity (Wildman–Crippen MR) is 61.4 cm³/mol. The van der Waals surface area contributed by atoms with E-state index >= 15 is 0 Å². The van der Waals surface area contributed by atoms with E-state index in [1.807, 2.05) is 0 Å². The van der Waals surface area contributed by atoms with Crippen LogP contribution in [-0.2, 0) is 9.53 Å². The summed E-state index contributed by atoms with van der Waals surface area (Å²) >= 11 is -1.35. The molecule has 1 heterocycles. The Hall–Kier alpha value is -1.30. The molecule has 0 saturated heterocycles. The van der Waals surface area contributed by atoms with E-state index in [9.17, 15) is 14.9 Å². The van der Waals surface area contributed by atoms with Gasteiger partial charge >= 0.3 is 5.97 Å². The third-order valence-electron chi connectivity index (χ3n) is 2.70. The van der Waals surface area contributed by atoms with Crippen LogP contribution in [0.5, 0.6) is 0 Å². The number of carbonyl (C=O) groups is 1. The third-order valence-corrected chi connectivity index (χ3v) is 4.09. The third kappa shape index (κ3) is 2.11. The van der Waals surface area contributed by atoms with Crippen LogP contribution in [0.4, 0.5) is 0 Å². The van der Waals surface area contributed by atoms with Crippen molar-refractivity contribution in [3.63, 3.8) is 0 Å². The fourth-order valence-corrected chi connectivity index (χ4v) is 2.99. The van der Waals surface area contributed by atoms with Crippen LogP contribution in [-0.4, -0.2) is 16.9 Å². The molecule has 2 rings (SSSR count). The summed E-state index contributed by atoms with van der Waals surface area (Å²) in [5.74, 6) is -0.126. The highest BCUT2D eigenvalue weighted by Crippen LogP contribution is 2.50. The molecule has 0 aromatic heterocycles. The Morgan fingerprint density at radius 1 is 1.75 bits per heavy atom. The summed E-state index contributed by atoms with van der Waals surface area (Å²) in [7, 11) is 0. The zero-order chi connectivity index (χ0) is 11.7. The maximum atomic E-state index is 11.4. The van der Waals surface area contributed by atoms with Gasteiger partial charge in [-0.15, -0.1) is 0 Å². The van der Waals surface area contributed by atoms with Crippen molar-refractivity contribution < 1.29 is 13.9 Å². The fraction of sp³-hybridized carbons (Fsp3) is 0.500. The number of rotatable bonds is 4. The van der Waals surface area contributed by atoms with Gasteiger partial charge in [-0.05, 0) is 30.9 Å². The molecule has 0 spiro atoms. The normalized spacial score (nSPS) is 33.3. The summed E-state index contributed by atoms with van der Waals surface area (Å²) < 4.78 is 4.63. The highest BCUT2D eigenvalue weighted by molar-refractivity contribution is 8.17. The number of carbonyl (C=O) groups excluding carboxylic acids is 1. The molecule has 0 aromatic carbocycles. The summed E-state index contributed by atoms with van der Waals surface area (Å²) in [5, 5.41) is 13.9. The molecule has 1 fully saturated rings. The van der Waals surface area contributed by atoms with Gasteiger partial charge in [0, 0.05) is 10.8 Å². The van der Waals surface area contributed by atoms with E-state index in [4.69, 9.17) is 4.74 Å². The second-order valence-corrected chi connectivity index (χ2v) is 5.41. The Kier molecular flexibility index (Phi) is 3.00. The number of hydrogen-bond acceptors (Lipinski definition) is 4. The zero-order valence-electron chi connectivity index (χ0n) is 8.83. The molecule has 1 aliphatic heterocycles. The van der Waals surface area contributed by atoms with E-state index < -0.39 is 11.1 Å². The van der Waals surface area contributed by atoms with Crippen LogP contribution in [0.15, 0.2) is 22.5 Å². The highest BCUT2D eigenvalue weighted by Gasteiger charge is 2.46. The van der Waals surface area contributed by atoms with Crippen LogP contribution in [0.3, 0.4) is 0 Å². The largest absolute Gasteiger partial charge is 0.466 e. The van der Waals surface area contributed by atoms with Gasteiger partial charge in [0.05, 0.1) is 27.9 Å². The van der Waals surface area contributed by atoms with Crippen molar-refractivity contribution in [2.45, 2.75) is 13.3 Å². The Morgan fingerprint density at radius 3 is 3.06 bits per heavy atom. The number of thiol groups is 1. The SMILES string of the molecule is CCOC(=O)C1CC1C1=C[SH]([N+](=O)[O-])C=C1. The maximum absolute atomic E-state index is 11.4. The van der Waals surface area contributed by atoms with E-state index in [0.29, 0.717) is 6.61 Å². The van der Waals surface area contributed by atoms with Gasteiger partial charge in [0.2, 0.25) is 0 Å². The molecule has 1 saturated carbocycles. The van der Waals surface area contributed by atoms with Crippen molar-refractivity contribution in [1.29, 1.82) is 0 Å². The number of nitro groups is 1. The molecule has 0 radical (unpaired) electrons. The molecule has 16 heavy (non-hydrogen) atoms. The Bertz CT molecular complexity index is 390. The molecule has 0 bridgehead atoms. The minimum absolute atomic E-state index is 0.0856. The average molecular weight is 243 g/mol. The first kappa shape index (κ1) is 11.2. The molecule has 0 amide bonds. The molecule has 0 N–H and O–H groups in total. The molecular formula is C10H13NO4S. The van der Waals surface area contributed by atoms with Crippen LogP contribution in [0.2, 0.25) is 0 Å². The Morgan fingerprint density at radius 2 is 2.50 bits per heavy atom. The van der Waals surface area contributed by atoms with E-state index in [0.717, 1.165) is 12.0 Å².